The minimum atomic E-state index is -0.554. The molecule has 1 aliphatic heterocycles. The van der Waals surface area contributed by atoms with Gasteiger partial charge in [0.2, 0.25) is 0 Å². The van der Waals surface area contributed by atoms with Crippen LogP contribution in [0.15, 0.2) is 47.3 Å². The fourth-order valence-electron chi connectivity index (χ4n) is 3.72. The number of nitrogens with zero attached hydrogens (tertiary/aromatic N) is 2. The number of likely N-dealkylation sites (tertiary alicyclic amines) is 1. The van der Waals surface area contributed by atoms with E-state index in [2.05, 4.69) is 29.0 Å². The van der Waals surface area contributed by atoms with Crippen molar-refractivity contribution in [3.8, 4) is 5.75 Å². The second-order valence-corrected chi connectivity index (χ2v) is 8.28. The summed E-state index contributed by atoms with van der Waals surface area (Å²) < 4.78 is 10.8. The van der Waals surface area contributed by atoms with Gasteiger partial charge in [0.1, 0.15) is 5.75 Å². The van der Waals surface area contributed by atoms with Gasteiger partial charge in [-0.05, 0) is 75.4 Å². The Hall–Kier alpha value is -1.98. The smallest absolute Gasteiger partial charge is 0.119 e. The fourth-order valence-corrected chi connectivity index (χ4v) is 3.72. The van der Waals surface area contributed by atoms with E-state index in [1.54, 1.807) is 6.26 Å². The van der Waals surface area contributed by atoms with Crippen molar-refractivity contribution in [3.05, 3.63) is 48.4 Å². The minimum absolute atomic E-state index is 0.184. The van der Waals surface area contributed by atoms with Crippen LogP contribution in [0.25, 0.3) is 0 Å². The molecule has 0 atom stereocenters. The highest BCUT2D eigenvalue weighted by Crippen LogP contribution is 2.27. The van der Waals surface area contributed by atoms with Crippen molar-refractivity contribution in [2.24, 2.45) is 0 Å². The van der Waals surface area contributed by atoms with Crippen molar-refractivity contribution in [2.45, 2.75) is 51.2 Å². The lowest BCUT2D eigenvalue weighted by atomic mass is 9.88. The van der Waals surface area contributed by atoms with Crippen LogP contribution in [0.1, 0.15) is 38.7 Å². The SMILES string of the molecule is CC(C)Oc1ccc(N(C)CCC2(O)CCN(CCc3ccoc3)CC2)cc1. The maximum absolute atomic E-state index is 11.0. The van der Waals surface area contributed by atoms with Crippen molar-refractivity contribution >= 4 is 5.69 Å². The zero-order valence-corrected chi connectivity index (χ0v) is 17.4. The van der Waals surface area contributed by atoms with Crippen molar-refractivity contribution in [3.63, 3.8) is 0 Å². The monoisotopic (exact) mass is 386 g/mol. The number of ether oxygens (including phenoxy) is 1. The predicted octanol–water partition coefficient (Wildman–Crippen LogP) is 3.96. The molecule has 1 aromatic carbocycles. The van der Waals surface area contributed by atoms with Crippen LogP contribution in [-0.2, 0) is 6.42 Å². The maximum atomic E-state index is 11.0. The second kappa shape index (κ2) is 9.48. The lowest BCUT2D eigenvalue weighted by molar-refractivity contribution is -0.0254. The van der Waals surface area contributed by atoms with Crippen molar-refractivity contribution in [1.82, 2.24) is 4.90 Å². The molecular formula is C23H34N2O3. The third kappa shape index (κ3) is 6.01. The van der Waals surface area contributed by atoms with Crippen LogP contribution in [0.5, 0.6) is 5.75 Å². The van der Waals surface area contributed by atoms with Gasteiger partial charge >= 0.3 is 0 Å². The van der Waals surface area contributed by atoms with Gasteiger partial charge < -0.3 is 24.1 Å². The van der Waals surface area contributed by atoms with Crippen LogP contribution in [-0.4, -0.2) is 54.9 Å². The first-order valence-electron chi connectivity index (χ1n) is 10.4. The van der Waals surface area contributed by atoms with Gasteiger partial charge in [-0.25, -0.2) is 0 Å². The van der Waals surface area contributed by atoms with Gasteiger partial charge in [-0.2, -0.15) is 0 Å². The van der Waals surface area contributed by atoms with E-state index in [1.165, 1.54) is 5.56 Å². The largest absolute Gasteiger partial charge is 0.491 e. The third-order valence-electron chi connectivity index (χ3n) is 5.65. The standard InChI is InChI=1S/C23H34N2O3/c1-19(2)28-22-6-4-21(5-7-22)24(3)14-10-23(26)11-15-25(16-12-23)13-8-20-9-17-27-18-20/h4-7,9,17-19,26H,8,10-16H2,1-3H3. The maximum Gasteiger partial charge on any atom is 0.119 e. The summed E-state index contributed by atoms with van der Waals surface area (Å²) in [7, 11) is 2.09. The molecule has 1 aromatic heterocycles. The third-order valence-corrected chi connectivity index (χ3v) is 5.65. The Labute approximate surface area is 168 Å². The van der Waals surface area contributed by atoms with Crippen LogP contribution in [0, 0.1) is 0 Å². The molecule has 2 heterocycles. The Morgan fingerprint density at radius 2 is 1.89 bits per heavy atom. The summed E-state index contributed by atoms with van der Waals surface area (Å²) in [4.78, 5) is 4.65. The van der Waals surface area contributed by atoms with Gasteiger partial charge in [0.15, 0.2) is 0 Å². The molecule has 3 rings (SSSR count). The molecule has 1 fully saturated rings. The molecule has 1 aliphatic rings. The number of hydrogen-bond donors (Lipinski definition) is 1. The lowest BCUT2D eigenvalue weighted by Gasteiger charge is -2.39. The van der Waals surface area contributed by atoms with E-state index in [0.717, 1.165) is 63.3 Å². The van der Waals surface area contributed by atoms with Gasteiger partial charge in [0, 0.05) is 38.9 Å². The first-order chi connectivity index (χ1) is 13.4. The normalized spacial score (nSPS) is 17.0. The molecule has 154 valence electrons. The molecule has 1 N–H and O–H groups in total. The minimum Gasteiger partial charge on any atom is -0.491 e. The summed E-state index contributed by atoms with van der Waals surface area (Å²) in [5.74, 6) is 0.897. The molecule has 0 spiro atoms. The molecule has 0 bridgehead atoms. The highest BCUT2D eigenvalue weighted by molar-refractivity contribution is 5.48. The van der Waals surface area contributed by atoms with Gasteiger partial charge in [-0.1, -0.05) is 0 Å². The number of furan rings is 1. The van der Waals surface area contributed by atoms with Crippen LogP contribution in [0.3, 0.4) is 0 Å². The number of piperidine rings is 1. The Balaban J connectivity index is 1.41. The van der Waals surface area contributed by atoms with Crippen molar-refractivity contribution < 1.29 is 14.3 Å². The van der Waals surface area contributed by atoms with Gasteiger partial charge in [-0.15, -0.1) is 0 Å². The van der Waals surface area contributed by atoms with Crippen molar-refractivity contribution in [2.75, 3.05) is 38.1 Å². The number of anilines is 1. The van der Waals surface area contributed by atoms with E-state index in [1.807, 2.05) is 38.3 Å². The highest BCUT2D eigenvalue weighted by Gasteiger charge is 2.32. The van der Waals surface area contributed by atoms with E-state index >= 15 is 0 Å². The van der Waals surface area contributed by atoms with Crippen LogP contribution < -0.4 is 9.64 Å². The van der Waals surface area contributed by atoms with E-state index in [-0.39, 0.29) is 6.10 Å². The topological polar surface area (TPSA) is 49.1 Å². The Bertz CT molecular complexity index is 689. The summed E-state index contributed by atoms with van der Waals surface area (Å²) in [5, 5.41) is 11.0. The molecule has 1 saturated heterocycles. The number of benzene rings is 1. The average molecular weight is 387 g/mol. The molecule has 0 unspecified atom stereocenters. The van der Waals surface area contributed by atoms with E-state index in [0.29, 0.717) is 0 Å². The highest BCUT2D eigenvalue weighted by atomic mass is 16.5. The first kappa shape index (κ1) is 20.7. The molecule has 2 aromatic rings. The molecule has 0 radical (unpaired) electrons. The van der Waals surface area contributed by atoms with Gasteiger partial charge in [0.05, 0.1) is 24.2 Å². The molecular weight excluding hydrogens is 352 g/mol. The van der Waals surface area contributed by atoms with Crippen molar-refractivity contribution in [1.29, 1.82) is 0 Å². The summed E-state index contributed by atoms with van der Waals surface area (Å²) >= 11 is 0. The Kier molecular flexibility index (Phi) is 7.03. The summed E-state index contributed by atoms with van der Waals surface area (Å²) in [6.07, 6.45) is 7.21. The van der Waals surface area contributed by atoms with Crippen LogP contribution >= 0.6 is 0 Å². The van der Waals surface area contributed by atoms with Gasteiger partial charge in [-0.3, -0.25) is 0 Å². The molecule has 5 nitrogen and oxygen atoms in total. The number of hydrogen-bond acceptors (Lipinski definition) is 5. The summed E-state index contributed by atoms with van der Waals surface area (Å²) in [6, 6.07) is 10.2. The quantitative estimate of drug-likeness (QED) is 0.707. The van der Waals surface area contributed by atoms with Crippen LogP contribution in [0.4, 0.5) is 5.69 Å². The van der Waals surface area contributed by atoms with E-state index in [9.17, 15) is 5.11 Å². The molecule has 0 saturated carbocycles. The first-order valence-corrected chi connectivity index (χ1v) is 10.4. The number of aliphatic hydroxyl groups is 1. The Morgan fingerprint density at radius 1 is 1.18 bits per heavy atom. The molecule has 5 heteroatoms. The van der Waals surface area contributed by atoms with Crippen LogP contribution in [0.2, 0.25) is 0 Å². The second-order valence-electron chi connectivity index (χ2n) is 8.28. The van der Waals surface area contributed by atoms with E-state index in [4.69, 9.17) is 9.15 Å². The molecule has 0 amide bonds. The molecule has 0 aliphatic carbocycles. The van der Waals surface area contributed by atoms with E-state index < -0.39 is 5.60 Å². The summed E-state index contributed by atoms with van der Waals surface area (Å²) in [5.41, 5.74) is 1.84. The van der Waals surface area contributed by atoms with Gasteiger partial charge in [0.25, 0.3) is 0 Å². The average Bonchev–Trinajstić information content (AvgIpc) is 3.20. The number of rotatable bonds is 9. The fraction of sp³-hybridized carbons (Fsp3) is 0.565. The Morgan fingerprint density at radius 3 is 2.50 bits per heavy atom. The lowest BCUT2D eigenvalue weighted by Crippen LogP contribution is -2.46. The molecule has 28 heavy (non-hydrogen) atoms. The summed E-state index contributed by atoms with van der Waals surface area (Å²) in [6.45, 7) is 7.85. The zero-order valence-electron chi connectivity index (χ0n) is 17.4. The zero-order chi connectivity index (χ0) is 20.0. The predicted molar refractivity (Wildman–Crippen MR) is 113 cm³/mol.